The first-order chi connectivity index (χ1) is 11.1. The number of carbonyl (C=O) groups is 1. The highest BCUT2D eigenvalue weighted by molar-refractivity contribution is 5.86. The van der Waals surface area contributed by atoms with Crippen molar-refractivity contribution in [1.82, 2.24) is 10.2 Å². The van der Waals surface area contributed by atoms with E-state index in [1.807, 2.05) is 0 Å². The molecule has 2 atom stereocenters. The number of aliphatic hydroxyl groups excluding tert-OH is 1. The van der Waals surface area contributed by atoms with E-state index in [2.05, 4.69) is 20.3 Å². The number of aliphatic hydroxyl groups is 1. The Morgan fingerprint density at radius 1 is 1.39 bits per heavy atom. The lowest BCUT2D eigenvalue weighted by atomic mass is 9.76. The lowest BCUT2D eigenvalue weighted by Gasteiger charge is -2.37. The fourth-order valence-corrected chi connectivity index (χ4v) is 3.69. The number of anilines is 1. The molecule has 2 fully saturated rings. The van der Waals surface area contributed by atoms with Gasteiger partial charge >= 0.3 is 5.97 Å². The van der Waals surface area contributed by atoms with Crippen molar-refractivity contribution in [1.29, 1.82) is 0 Å². The minimum Gasteiger partial charge on any atom is -0.464 e. The van der Waals surface area contributed by atoms with Gasteiger partial charge in [0.1, 0.15) is 5.82 Å². The zero-order valence-electron chi connectivity index (χ0n) is 13.3. The number of nitrogens with zero attached hydrogens (tertiary/aromatic N) is 2. The van der Waals surface area contributed by atoms with Crippen LogP contribution in [0.3, 0.4) is 0 Å². The lowest BCUT2D eigenvalue weighted by molar-refractivity contribution is -0.0545. The van der Waals surface area contributed by atoms with Gasteiger partial charge in [0, 0.05) is 31.1 Å². The molecule has 126 valence electrons. The summed E-state index contributed by atoms with van der Waals surface area (Å²) in [5, 5.41) is 21.7. The van der Waals surface area contributed by atoms with Gasteiger partial charge in [0.05, 0.1) is 13.2 Å². The summed E-state index contributed by atoms with van der Waals surface area (Å²) in [6, 6.07) is 3.27. The fraction of sp³-hybridized carbons (Fsp3) is 0.688. The predicted octanol–water partition coefficient (Wildman–Crippen LogP) is 1.24. The van der Waals surface area contributed by atoms with E-state index >= 15 is 0 Å². The zero-order chi connectivity index (χ0) is 16.3. The summed E-state index contributed by atoms with van der Waals surface area (Å²) in [6.45, 7) is 2.14. The fourth-order valence-electron chi connectivity index (χ4n) is 3.69. The van der Waals surface area contributed by atoms with E-state index in [1.54, 1.807) is 12.1 Å². The number of ether oxygens (including phenoxy) is 2. The summed E-state index contributed by atoms with van der Waals surface area (Å²) in [4.78, 5) is 11.3. The number of nitrogens with one attached hydrogen (secondary N) is 1. The van der Waals surface area contributed by atoms with E-state index in [4.69, 9.17) is 4.74 Å². The van der Waals surface area contributed by atoms with Crippen LogP contribution in [0.1, 0.15) is 36.2 Å². The van der Waals surface area contributed by atoms with Gasteiger partial charge in [-0.05, 0) is 37.8 Å². The number of rotatable bonds is 4. The van der Waals surface area contributed by atoms with Crippen molar-refractivity contribution in [2.45, 2.75) is 31.8 Å². The maximum atomic E-state index is 11.3. The molecule has 7 nitrogen and oxygen atoms in total. The summed E-state index contributed by atoms with van der Waals surface area (Å²) in [5.74, 6) is 0.296. The van der Waals surface area contributed by atoms with Gasteiger partial charge in [-0.2, -0.15) is 0 Å². The van der Waals surface area contributed by atoms with E-state index in [0.717, 1.165) is 38.9 Å². The van der Waals surface area contributed by atoms with Gasteiger partial charge in [-0.15, -0.1) is 10.2 Å². The molecule has 1 saturated heterocycles. The minimum atomic E-state index is -0.503. The minimum absolute atomic E-state index is 0.0328. The molecule has 2 aliphatic rings. The molecule has 2 N–H and O–H groups in total. The van der Waals surface area contributed by atoms with Crippen LogP contribution >= 0.6 is 0 Å². The Bertz CT molecular complexity index is 543. The summed E-state index contributed by atoms with van der Waals surface area (Å²) < 4.78 is 10.0. The molecule has 23 heavy (non-hydrogen) atoms. The van der Waals surface area contributed by atoms with Crippen LogP contribution in [0.15, 0.2) is 12.1 Å². The van der Waals surface area contributed by atoms with Crippen LogP contribution in [-0.4, -0.2) is 54.2 Å². The van der Waals surface area contributed by atoms with Crippen molar-refractivity contribution in [3.63, 3.8) is 0 Å². The first-order valence-electron chi connectivity index (χ1n) is 8.06. The number of hydrogen-bond donors (Lipinski definition) is 2. The third-order valence-corrected chi connectivity index (χ3v) is 5.18. The summed E-state index contributed by atoms with van der Waals surface area (Å²) in [7, 11) is 1.31. The van der Waals surface area contributed by atoms with Crippen molar-refractivity contribution in [2.24, 2.45) is 11.3 Å². The van der Waals surface area contributed by atoms with Crippen molar-refractivity contribution in [3.05, 3.63) is 17.8 Å². The summed E-state index contributed by atoms with van der Waals surface area (Å²) in [6.07, 6.45) is 3.64. The molecular weight excluding hydrogens is 298 g/mol. The molecule has 1 aliphatic carbocycles. The second kappa shape index (κ2) is 6.80. The highest BCUT2D eigenvalue weighted by Gasteiger charge is 2.47. The number of aromatic nitrogens is 2. The van der Waals surface area contributed by atoms with E-state index in [1.165, 1.54) is 7.11 Å². The Hall–Kier alpha value is -1.73. The zero-order valence-corrected chi connectivity index (χ0v) is 13.3. The van der Waals surface area contributed by atoms with Gasteiger partial charge in [-0.3, -0.25) is 0 Å². The van der Waals surface area contributed by atoms with Gasteiger partial charge in [-0.1, -0.05) is 0 Å². The van der Waals surface area contributed by atoms with Crippen molar-refractivity contribution >= 4 is 11.8 Å². The van der Waals surface area contributed by atoms with Crippen molar-refractivity contribution in [3.8, 4) is 0 Å². The van der Waals surface area contributed by atoms with Gasteiger partial charge < -0.3 is 19.9 Å². The molecule has 0 radical (unpaired) electrons. The standard InChI is InChI=1S/C16H23N3O4/c1-22-15(21)12-2-3-13(19-18-12)17-10-11-4-5-16(14(11)20)6-8-23-9-7-16/h2-3,11,14,20H,4-10H2,1H3,(H,17,19). The molecule has 0 bridgehead atoms. The van der Waals surface area contributed by atoms with Crippen LogP contribution in [-0.2, 0) is 9.47 Å². The monoisotopic (exact) mass is 321 g/mol. The highest BCUT2D eigenvalue weighted by atomic mass is 16.5. The molecule has 0 amide bonds. The molecule has 1 aromatic heterocycles. The van der Waals surface area contributed by atoms with Gasteiger partial charge in [0.2, 0.25) is 0 Å². The van der Waals surface area contributed by atoms with Crippen LogP contribution in [0.5, 0.6) is 0 Å². The van der Waals surface area contributed by atoms with Crippen molar-refractivity contribution < 1.29 is 19.4 Å². The van der Waals surface area contributed by atoms with Crippen LogP contribution in [0, 0.1) is 11.3 Å². The number of carbonyl (C=O) groups excluding carboxylic acids is 1. The molecule has 3 rings (SSSR count). The lowest BCUT2D eigenvalue weighted by Crippen LogP contribution is -2.40. The largest absolute Gasteiger partial charge is 0.464 e. The normalized spacial score (nSPS) is 26.2. The Kier molecular flexibility index (Phi) is 4.77. The van der Waals surface area contributed by atoms with E-state index in [9.17, 15) is 9.90 Å². The highest BCUT2D eigenvalue weighted by Crippen LogP contribution is 2.48. The predicted molar refractivity (Wildman–Crippen MR) is 83.1 cm³/mol. The maximum Gasteiger partial charge on any atom is 0.358 e. The van der Waals surface area contributed by atoms with E-state index in [0.29, 0.717) is 12.4 Å². The Morgan fingerprint density at radius 3 is 2.83 bits per heavy atom. The van der Waals surface area contributed by atoms with Crippen LogP contribution < -0.4 is 5.32 Å². The van der Waals surface area contributed by atoms with E-state index < -0.39 is 5.97 Å². The molecule has 2 heterocycles. The van der Waals surface area contributed by atoms with Gasteiger partial charge in [0.15, 0.2) is 5.69 Å². The van der Waals surface area contributed by atoms with E-state index in [-0.39, 0.29) is 23.1 Å². The first kappa shape index (κ1) is 16.1. The average molecular weight is 321 g/mol. The average Bonchev–Trinajstić information content (AvgIpc) is 2.89. The third kappa shape index (κ3) is 3.30. The quantitative estimate of drug-likeness (QED) is 0.806. The Balaban J connectivity index is 1.55. The molecule has 1 spiro atoms. The first-order valence-corrected chi connectivity index (χ1v) is 8.06. The number of esters is 1. The molecule has 1 aliphatic heterocycles. The Morgan fingerprint density at radius 2 is 2.17 bits per heavy atom. The second-order valence-corrected chi connectivity index (χ2v) is 6.39. The second-order valence-electron chi connectivity index (χ2n) is 6.39. The Labute approximate surface area is 135 Å². The van der Waals surface area contributed by atoms with Crippen LogP contribution in [0.25, 0.3) is 0 Å². The topological polar surface area (TPSA) is 93.6 Å². The maximum absolute atomic E-state index is 11.3. The number of methoxy groups -OCH3 is 1. The molecule has 0 aromatic carbocycles. The third-order valence-electron chi connectivity index (χ3n) is 5.18. The summed E-state index contributed by atoms with van der Waals surface area (Å²) in [5.41, 5.74) is 0.213. The van der Waals surface area contributed by atoms with Gasteiger partial charge in [-0.25, -0.2) is 4.79 Å². The van der Waals surface area contributed by atoms with Crippen molar-refractivity contribution in [2.75, 3.05) is 32.2 Å². The van der Waals surface area contributed by atoms with Gasteiger partial charge in [0.25, 0.3) is 0 Å². The molecule has 1 saturated carbocycles. The molecule has 2 unspecified atom stereocenters. The summed E-state index contributed by atoms with van der Waals surface area (Å²) >= 11 is 0. The van der Waals surface area contributed by atoms with Crippen LogP contribution in [0.4, 0.5) is 5.82 Å². The molecule has 1 aromatic rings. The SMILES string of the molecule is COC(=O)c1ccc(NCC2CCC3(CCOCC3)C2O)nn1. The van der Waals surface area contributed by atoms with Crippen LogP contribution in [0.2, 0.25) is 0 Å². The molecule has 7 heteroatoms. The smallest absolute Gasteiger partial charge is 0.358 e. The molecular formula is C16H23N3O4. The number of hydrogen-bond acceptors (Lipinski definition) is 7.